The summed E-state index contributed by atoms with van der Waals surface area (Å²) in [4.78, 5) is 15.6. The number of aromatic amines is 1. The molecule has 6 heteroatoms. The van der Waals surface area contributed by atoms with Gasteiger partial charge in [-0.1, -0.05) is 48.3 Å². The standard InChI is InChI=1S/C19H18Cl2N2O2/c1-3-25-19(24)18-16(10(2)12-6-4-5-7-14(12)22)17-13(21)8-11(20)9-15(17)23-18/h4-10,23H,3,22H2,1-2H3. The fourth-order valence-corrected chi connectivity index (χ4v) is 3.73. The molecule has 2 aromatic carbocycles. The predicted octanol–water partition coefficient (Wildman–Crippen LogP) is 5.39. The minimum Gasteiger partial charge on any atom is -0.461 e. The van der Waals surface area contributed by atoms with Crippen molar-refractivity contribution in [3.8, 4) is 0 Å². The number of benzene rings is 2. The Labute approximate surface area is 155 Å². The number of rotatable bonds is 4. The molecule has 130 valence electrons. The molecular weight excluding hydrogens is 359 g/mol. The summed E-state index contributed by atoms with van der Waals surface area (Å²) in [6.45, 7) is 4.04. The van der Waals surface area contributed by atoms with Crippen LogP contribution in [-0.4, -0.2) is 17.6 Å². The summed E-state index contributed by atoms with van der Waals surface area (Å²) >= 11 is 12.6. The lowest BCUT2D eigenvalue weighted by Crippen LogP contribution is -2.10. The number of para-hydroxylation sites is 1. The summed E-state index contributed by atoms with van der Waals surface area (Å²) in [5.74, 6) is -0.588. The summed E-state index contributed by atoms with van der Waals surface area (Å²) in [7, 11) is 0. The molecule has 0 amide bonds. The number of nitrogen functional groups attached to an aromatic ring is 1. The fourth-order valence-electron chi connectivity index (χ4n) is 3.13. The lowest BCUT2D eigenvalue weighted by Gasteiger charge is -2.16. The van der Waals surface area contributed by atoms with Crippen molar-refractivity contribution >= 4 is 45.8 Å². The maximum absolute atomic E-state index is 12.5. The molecule has 4 nitrogen and oxygen atoms in total. The number of halogens is 2. The lowest BCUT2D eigenvalue weighted by atomic mass is 9.89. The highest BCUT2D eigenvalue weighted by Gasteiger charge is 2.26. The molecule has 3 rings (SSSR count). The van der Waals surface area contributed by atoms with Crippen LogP contribution in [0.5, 0.6) is 0 Å². The maximum Gasteiger partial charge on any atom is 0.355 e. The van der Waals surface area contributed by atoms with Crippen LogP contribution in [0, 0.1) is 0 Å². The van der Waals surface area contributed by atoms with Crippen LogP contribution >= 0.6 is 23.2 Å². The van der Waals surface area contributed by atoms with E-state index in [9.17, 15) is 4.79 Å². The summed E-state index contributed by atoms with van der Waals surface area (Å²) in [5, 5.41) is 1.73. The molecule has 0 aliphatic rings. The third-order valence-electron chi connectivity index (χ3n) is 4.23. The van der Waals surface area contributed by atoms with Crippen LogP contribution in [0.15, 0.2) is 36.4 Å². The van der Waals surface area contributed by atoms with Gasteiger partial charge in [0.05, 0.1) is 11.6 Å². The monoisotopic (exact) mass is 376 g/mol. The van der Waals surface area contributed by atoms with Gasteiger partial charge in [-0.15, -0.1) is 0 Å². The summed E-state index contributed by atoms with van der Waals surface area (Å²) < 4.78 is 5.21. The Morgan fingerprint density at radius 3 is 2.68 bits per heavy atom. The van der Waals surface area contributed by atoms with Crippen molar-refractivity contribution in [3.63, 3.8) is 0 Å². The molecule has 1 atom stereocenters. The highest BCUT2D eigenvalue weighted by Crippen LogP contribution is 2.40. The first-order chi connectivity index (χ1) is 11.9. The molecule has 0 bridgehead atoms. The van der Waals surface area contributed by atoms with Gasteiger partial charge in [-0.25, -0.2) is 4.79 Å². The zero-order chi connectivity index (χ0) is 18.1. The number of esters is 1. The number of aromatic nitrogens is 1. The SMILES string of the molecule is CCOC(=O)c1[nH]c2cc(Cl)cc(Cl)c2c1C(C)c1ccccc1N. The van der Waals surface area contributed by atoms with E-state index in [0.29, 0.717) is 26.9 Å². The van der Waals surface area contributed by atoms with Gasteiger partial charge in [-0.05, 0) is 30.7 Å². The number of fused-ring (bicyclic) bond motifs is 1. The van der Waals surface area contributed by atoms with Gasteiger partial charge in [-0.3, -0.25) is 0 Å². The van der Waals surface area contributed by atoms with Gasteiger partial charge in [-0.2, -0.15) is 0 Å². The van der Waals surface area contributed by atoms with Crippen molar-refractivity contribution in [3.05, 3.63) is 63.3 Å². The van der Waals surface area contributed by atoms with E-state index in [4.69, 9.17) is 33.7 Å². The van der Waals surface area contributed by atoms with E-state index in [1.54, 1.807) is 19.1 Å². The van der Waals surface area contributed by atoms with Crippen molar-refractivity contribution in [1.82, 2.24) is 4.98 Å². The first-order valence-corrected chi connectivity index (χ1v) is 8.71. The number of ether oxygens (including phenoxy) is 1. The molecule has 0 radical (unpaired) electrons. The smallest absolute Gasteiger partial charge is 0.355 e. The van der Waals surface area contributed by atoms with Crippen molar-refractivity contribution in [2.75, 3.05) is 12.3 Å². The molecule has 3 aromatic rings. The molecule has 0 aliphatic heterocycles. The van der Waals surface area contributed by atoms with Gasteiger partial charge >= 0.3 is 5.97 Å². The Morgan fingerprint density at radius 1 is 1.28 bits per heavy atom. The molecular formula is C19H18Cl2N2O2. The number of carbonyl (C=O) groups excluding carboxylic acids is 1. The highest BCUT2D eigenvalue weighted by molar-refractivity contribution is 6.39. The third-order valence-corrected chi connectivity index (χ3v) is 4.74. The molecule has 0 saturated carbocycles. The molecule has 0 aliphatic carbocycles. The van der Waals surface area contributed by atoms with Crippen LogP contribution in [0.3, 0.4) is 0 Å². The fraction of sp³-hybridized carbons (Fsp3) is 0.211. The maximum atomic E-state index is 12.5. The average molecular weight is 377 g/mol. The lowest BCUT2D eigenvalue weighted by molar-refractivity contribution is 0.0519. The van der Waals surface area contributed by atoms with Crippen LogP contribution in [0.2, 0.25) is 10.0 Å². The second kappa shape index (κ2) is 6.98. The van der Waals surface area contributed by atoms with Crippen LogP contribution in [0.4, 0.5) is 5.69 Å². The van der Waals surface area contributed by atoms with Crippen molar-refractivity contribution in [2.45, 2.75) is 19.8 Å². The molecule has 3 N–H and O–H groups in total. The molecule has 0 saturated heterocycles. The summed E-state index contributed by atoms with van der Waals surface area (Å²) in [6, 6.07) is 11.0. The van der Waals surface area contributed by atoms with Gasteiger partial charge in [0, 0.05) is 33.1 Å². The minimum absolute atomic E-state index is 0.159. The van der Waals surface area contributed by atoms with Crippen molar-refractivity contribution in [1.29, 1.82) is 0 Å². The van der Waals surface area contributed by atoms with Crippen molar-refractivity contribution < 1.29 is 9.53 Å². The Morgan fingerprint density at radius 2 is 2.00 bits per heavy atom. The van der Waals surface area contributed by atoms with E-state index in [0.717, 1.165) is 16.5 Å². The number of nitrogens with one attached hydrogen (secondary N) is 1. The van der Waals surface area contributed by atoms with Crippen LogP contribution in [-0.2, 0) is 4.74 Å². The number of anilines is 1. The Bertz CT molecular complexity index is 950. The third kappa shape index (κ3) is 3.20. The van der Waals surface area contributed by atoms with E-state index < -0.39 is 5.97 Å². The topological polar surface area (TPSA) is 68.1 Å². The number of hydrogen-bond donors (Lipinski definition) is 2. The van der Waals surface area contributed by atoms with Gasteiger partial charge in [0.2, 0.25) is 0 Å². The van der Waals surface area contributed by atoms with Gasteiger partial charge in [0.1, 0.15) is 5.69 Å². The molecule has 0 spiro atoms. The molecule has 1 heterocycles. The Hall–Kier alpha value is -2.17. The van der Waals surface area contributed by atoms with E-state index >= 15 is 0 Å². The van der Waals surface area contributed by atoms with Crippen LogP contribution < -0.4 is 5.73 Å². The van der Waals surface area contributed by atoms with Gasteiger partial charge in [0.25, 0.3) is 0 Å². The zero-order valence-corrected chi connectivity index (χ0v) is 15.4. The molecule has 25 heavy (non-hydrogen) atoms. The number of carbonyl (C=O) groups is 1. The molecule has 1 aromatic heterocycles. The minimum atomic E-state index is -0.428. The number of nitrogens with two attached hydrogens (primary N) is 1. The first-order valence-electron chi connectivity index (χ1n) is 7.96. The van der Waals surface area contributed by atoms with Gasteiger partial charge in [0.15, 0.2) is 0 Å². The second-order valence-electron chi connectivity index (χ2n) is 5.79. The summed E-state index contributed by atoms with van der Waals surface area (Å²) in [6.07, 6.45) is 0. The largest absolute Gasteiger partial charge is 0.461 e. The molecule has 1 unspecified atom stereocenters. The van der Waals surface area contributed by atoms with Crippen LogP contribution in [0.1, 0.15) is 41.4 Å². The average Bonchev–Trinajstić information content (AvgIpc) is 2.94. The number of H-pyrrole nitrogens is 1. The highest BCUT2D eigenvalue weighted by atomic mass is 35.5. The zero-order valence-electron chi connectivity index (χ0n) is 13.9. The van der Waals surface area contributed by atoms with Crippen molar-refractivity contribution in [2.24, 2.45) is 0 Å². The Kier molecular flexibility index (Phi) is 4.93. The number of hydrogen-bond acceptors (Lipinski definition) is 3. The molecule has 0 fully saturated rings. The van der Waals surface area contributed by atoms with E-state index in [1.807, 2.05) is 31.2 Å². The van der Waals surface area contributed by atoms with E-state index in [2.05, 4.69) is 4.98 Å². The normalized spacial score (nSPS) is 12.3. The second-order valence-corrected chi connectivity index (χ2v) is 6.64. The predicted molar refractivity (Wildman–Crippen MR) is 103 cm³/mol. The Balaban J connectivity index is 2.29. The van der Waals surface area contributed by atoms with E-state index in [-0.39, 0.29) is 12.5 Å². The van der Waals surface area contributed by atoms with Crippen LogP contribution in [0.25, 0.3) is 10.9 Å². The van der Waals surface area contributed by atoms with E-state index in [1.165, 1.54) is 0 Å². The quantitative estimate of drug-likeness (QED) is 0.473. The first kappa shape index (κ1) is 17.6. The summed E-state index contributed by atoms with van der Waals surface area (Å²) in [5.41, 5.74) is 9.53. The van der Waals surface area contributed by atoms with Gasteiger partial charge < -0.3 is 15.5 Å².